The molecule has 0 radical (unpaired) electrons. The Kier molecular flexibility index (Phi) is 3.98. The minimum absolute atomic E-state index is 0.458. The summed E-state index contributed by atoms with van der Waals surface area (Å²) < 4.78 is 5.25. The molecule has 2 rings (SSSR count). The quantitative estimate of drug-likeness (QED) is 0.725. The van der Waals surface area contributed by atoms with Crippen LogP contribution in [0.25, 0.3) is 0 Å². The largest absolute Gasteiger partial charge is 0.388 e. The lowest BCUT2D eigenvalue weighted by molar-refractivity contribution is -0.0543. The van der Waals surface area contributed by atoms with Gasteiger partial charge in [-0.25, -0.2) is 9.97 Å². The summed E-state index contributed by atoms with van der Waals surface area (Å²) >= 11 is 0. The van der Waals surface area contributed by atoms with Crippen molar-refractivity contribution < 1.29 is 9.84 Å². The van der Waals surface area contributed by atoms with Crippen LogP contribution >= 0.6 is 0 Å². The van der Waals surface area contributed by atoms with Gasteiger partial charge in [0.05, 0.1) is 5.60 Å². The molecule has 1 saturated heterocycles. The van der Waals surface area contributed by atoms with Gasteiger partial charge < -0.3 is 20.9 Å². The van der Waals surface area contributed by atoms with E-state index < -0.39 is 5.60 Å². The molecule has 1 fully saturated rings. The number of hydrogen-bond donors (Lipinski definition) is 3. The van der Waals surface area contributed by atoms with Gasteiger partial charge in [0.2, 0.25) is 0 Å². The Balaban J connectivity index is 2.03. The van der Waals surface area contributed by atoms with Crippen molar-refractivity contribution in [3.05, 3.63) is 11.9 Å². The summed E-state index contributed by atoms with van der Waals surface area (Å²) in [5.41, 5.74) is 5.98. The predicted molar refractivity (Wildman–Crippen MR) is 69.3 cm³/mol. The lowest BCUT2D eigenvalue weighted by Crippen LogP contribution is -2.42. The number of aromatic nitrogens is 2. The van der Waals surface area contributed by atoms with Crippen LogP contribution in [0.15, 0.2) is 6.33 Å². The summed E-state index contributed by atoms with van der Waals surface area (Å²) in [5, 5.41) is 13.5. The van der Waals surface area contributed by atoms with Gasteiger partial charge in [-0.05, 0) is 6.42 Å². The fourth-order valence-corrected chi connectivity index (χ4v) is 2.10. The highest BCUT2D eigenvalue weighted by Crippen LogP contribution is 2.23. The standard InChI is InChI=1S/C12H20N4O2/c1-2-9-10(13)15-8-16-11(9)14-7-12(17)3-5-18-6-4-12/h8,17H,2-7H2,1H3,(H3,13,14,15,16). The smallest absolute Gasteiger partial charge is 0.134 e. The van der Waals surface area contributed by atoms with E-state index in [0.29, 0.717) is 44.2 Å². The van der Waals surface area contributed by atoms with Crippen LogP contribution in [-0.4, -0.2) is 40.4 Å². The Morgan fingerprint density at radius 2 is 2.17 bits per heavy atom. The molecule has 4 N–H and O–H groups in total. The van der Waals surface area contributed by atoms with Crippen LogP contribution < -0.4 is 11.1 Å². The van der Waals surface area contributed by atoms with Crippen molar-refractivity contribution >= 4 is 11.6 Å². The number of nitrogens with one attached hydrogen (secondary N) is 1. The van der Waals surface area contributed by atoms with E-state index in [4.69, 9.17) is 10.5 Å². The van der Waals surface area contributed by atoms with Crippen LogP contribution in [-0.2, 0) is 11.2 Å². The van der Waals surface area contributed by atoms with Crippen molar-refractivity contribution in [3.63, 3.8) is 0 Å². The first-order chi connectivity index (χ1) is 8.64. The molecule has 0 spiro atoms. The first-order valence-electron chi connectivity index (χ1n) is 6.28. The van der Waals surface area contributed by atoms with E-state index in [1.54, 1.807) is 0 Å². The summed E-state index contributed by atoms with van der Waals surface area (Å²) in [6.07, 6.45) is 3.48. The maximum Gasteiger partial charge on any atom is 0.134 e. The zero-order chi connectivity index (χ0) is 13.0. The molecule has 0 saturated carbocycles. The third kappa shape index (κ3) is 2.88. The number of nitrogens with zero attached hydrogens (tertiary/aromatic N) is 2. The van der Waals surface area contributed by atoms with Crippen LogP contribution in [0.1, 0.15) is 25.3 Å². The van der Waals surface area contributed by atoms with Crippen molar-refractivity contribution in [2.75, 3.05) is 30.8 Å². The van der Waals surface area contributed by atoms with Crippen molar-refractivity contribution in [1.82, 2.24) is 9.97 Å². The van der Waals surface area contributed by atoms with Gasteiger partial charge >= 0.3 is 0 Å². The second-order valence-corrected chi connectivity index (χ2v) is 4.63. The molecule has 0 aromatic carbocycles. The van der Waals surface area contributed by atoms with Gasteiger partial charge in [-0.3, -0.25) is 0 Å². The lowest BCUT2D eigenvalue weighted by atomic mass is 9.94. The molecule has 1 aliphatic heterocycles. The second-order valence-electron chi connectivity index (χ2n) is 4.63. The number of anilines is 2. The highest BCUT2D eigenvalue weighted by atomic mass is 16.5. The summed E-state index contributed by atoms with van der Waals surface area (Å²) in [6, 6.07) is 0. The third-order valence-electron chi connectivity index (χ3n) is 3.34. The molecule has 2 heterocycles. The fraction of sp³-hybridized carbons (Fsp3) is 0.667. The average molecular weight is 252 g/mol. The molecule has 1 aromatic rings. The summed E-state index contributed by atoms with van der Waals surface area (Å²) in [5.74, 6) is 1.21. The number of nitrogen functional groups attached to an aromatic ring is 1. The normalized spacial score (nSPS) is 18.6. The third-order valence-corrected chi connectivity index (χ3v) is 3.34. The summed E-state index contributed by atoms with van der Waals surface area (Å²) in [7, 11) is 0. The monoisotopic (exact) mass is 252 g/mol. The van der Waals surface area contributed by atoms with Crippen molar-refractivity contribution in [2.45, 2.75) is 31.8 Å². The first kappa shape index (κ1) is 13.0. The van der Waals surface area contributed by atoms with Crippen LogP contribution in [0.5, 0.6) is 0 Å². The molecule has 6 heteroatoms. The molecule has 0 aliphatic carbocycles. The van der Waals surface area contributed by atoms with Crippen LogP contribution in [0.4, 0.5) is 11.6 Å². The maximum absolute atomic E-state index is 10.3. The molecule has 1 aliphatic rings. The molecule has 6 nitrogen and oxygen atoms in total. The van der Waals surface area contributed by atoms with Gasteiger partial charge in [-0.15, -0.1) is 0 Å². The SMILES string of the molecule is CCc1c(N)ncnc1NCC1(O)CCOCC1. The zero-order valence-corrected chi connectivity index (χ0v) is 10.6. The maximum atomic E-state index is 10.3. The Morgan fingerprint density at radius 3 is 2.83 bits per heavy atom. The highest BCUT2D eigenvalue weighted by Gasteiger charge is 2.29. The number of ether oxygens (including phenoxy) is 1. The van der Waals surface area contributed by atoms with Gasteiger partial charge in [0.1, 0.15) is 18.0 Å². The lowest BCUT2D eigenvalue weighted by Gasteiger charge is -2.32. The zero-order valence-electron chi connectivity index (χ0n) is 10.6. The summed E-state index contributed by atoms with van der Waals surface area (Å²) in [6.45, 7) is 3.67. The van der Waals surface area contributed by atoms with Gasteiger partial charge in [0.25, 0.3) is 0 Å². The second kappa shape index (κ2) is 5.49. The Labute approximate surface area is 107 Å². The van der Waals surface area contributed by atoms with Crippen molar-refractivity contribution in [3.8, 4) is 0 Å². The number of aliphatic hydroxyl groups is 1. The van der Waals surface area contributed by atoms with E-state index in [9.17, 15) is 5.11 Å². The number of nitrogens with two attached hydrogens (primary N) is 1. The van der Waals surface area contributed by atoms with Crippen LogP contribution in [0.2, 0.25) is 0 Å². The fourth-order valence-electron chi connectivity index (χ4n) is 2.10. The molecule has 0 unspecified atom stereocenters. The van der Waals surface area contributed by atoms with Crippen molar-refractivity contribution in [2.24, 2.45) is 0 Å². The van der Waals surface area contributed by atoms with E-state index in [1.165, 1.54) is 6.33 Å². The molecular weight excluding hydrogens is 232 g/mol. The van der Waals surface area contributed by atoms with Crippen LogP contribution in [0, 0.1) is 0 Å². The highest BCUT2D eigenvalue weighted by molar-refractivity contribution is 5.54. The van der Waals surface area contributed by atoms with Gasteiger partial charge in [0, 0.05) is 38.2 Å². The molecule has 1 aromatic heterocycles. The Bertz CT molecular complexity index is 405. The topological polar surface area (TPSA) is 93.3 Å². The van der Waals surface area contributed by atoms with Gasteiger partial charge in [-0.2, -0.15) is 0 Å². The van der Waals surface area contributed by atoms with Gasteiger partial charge in [-0.1, -0.05) is 6.92 Å². The minimum atomic E-state index is -0.719. The first-order valence-corrected chi connectivity index (χ1v) is 6.28. The molecule has 0 amide bonds. The van der Waals surface area contributed by atoms with Gasteiger partial charge in [0.15, 0.2) is 0 Å². The Morgan fingerprint density at radius 1 is 1.44 bits per heavy atom. The van der Waals surface area contributed by atoms with E-state index in [0.717, 1.165) is 12.0 Å². The predicted octanol–water partition coefficient (Wildman–Crippen LogP) is 0.575. The molecule has 18 heavy (non-hydrogen) atoms. The van der Waals surface area contributed by atoms with Crippen molar-refractivity contribution in [1.29, 1.82) is 0 Å². The number of hydrogen-bond acceptors (Lipinski definition) is 6. The Hall–Kier alpha value is -1.40. The number of rotatable bonds is 4. The summed E-state index contributed by atoms with van der Waals surface area (Å²) in [4.78, 5) is 8.15. The molecule has 100 valence electrons. The molecule has 0 bridgehead atoms. The minimum Gasteiger partial charge on any atom is -0.388 e. The van der Waals surface area contributed by atoms with E-state index in [2.05, 4.69) is 15.3 Å². The average Bonchev–Trinajstić information content (AvgIpc) is 2.37. The molecular formula is C12H20N4O2. The van der Waals surface area contributed by atoms with Crippen LogP contribution in [0.3, 0.4) is 0 Å². The van der Waals surface area contributed by atoms with E-state index >= 15 is 0 Å². The van der Waals surface area contributed by atoms with E-state index in [1.807, 2.05) is 6.92 Å². The molecule has 0 atom stereocenters. The van der Waals surface area contributed by atoms with E-state index in [-0.39, 0.29) is 0 Å².